The van der Waals surface area contributed by atoms with Gasteiger partial charge in [0.15, 0.2) is 0 Å². The fraction of sp³-hybridized carbons (Fsp3) is 0.316. The second-order valence-corrected chi connectivity index (χ2v) is 7.19. The number of aliphatic carboxylic acids is 1. The van der Waals surface area contributed by atoms with Crippen molar-refractivity contribution >= 4 is 34.3 Å². The second kappa shape index (κ2) is 8.22. The van der Waals surface area contributed by atoms with Crippen molar-refractivity contribution in [2.75, 3.05) is 25.0 Å². The highest BCUT2D eigenvalue weighted by Gasteiger charge is 2.31. The summed E-state index contributed by atoms with van der Waals surface area (Å²) in [6, 6.07) is 10.8. The van der Waals surface area contributed by atoms with E-state index in [1.54, 1.807) is 13.0 Å². The number of likely N-dealkylation sites (tertiary alicyclic amines) is 1. The molecule has 0 bridgehead atoms. The molecule has 0 saturated carbocycles. The van der Waals surface area contributed by atoms with Crippen molar-refractivity contribution in [3.8, 4) is 10.4 Å². The van der Waals surface area contributed by atoms with Gasteiger partial charge in [-0.05, 0) is 25.0 Å². The zero-order valence-electron chi connectivity index (χ0n) is 14.8. The Balaban J connectivity index is 1.83. The first kappa shape index (κ1) is 18.9. The van der Waals surface area contributed by atoms with Crippen LogP contribution >= 0.6 is 11.3 Å². The van der Waals surface area contributed by atoms with Crippen LogP contribution in [0.2, 0.25) is 0 Å². The molecule has 27 heavy (non-hydrogen) atoms. The van der Waals surface area contributed by atoms with Crippen molar-refractivity contribution in [3.05, 3.63) is 42.0 Å². The highest BCUT2D eigenvalue weighted by atomic mass is 32.1. The number of carbonyl (C=O) groups is 3. The summed E-state index contributed by atoms with van der Waals surface area (Å²) >= 11 is 1.29. The smallest absolute Gasteiger partial charge is 0.341 e. The molecule has 2 heterocycles. The van der Waals surface area contributed by atoms with Gasteiger partial charge in [0.25, 0.3) is 0 Å². The SMILES string of the molecule is CCOC(=O)c1cc(-c2ccccc2)sc1NC(=O)N1CCC(C(=O)O)C1. The lowest BCUT2D eigenvalue weighted by Gasteiger charge is -2.16. The molecule has 8 heteroatoms. The van der Waals surface area contributed by atoms with Crippen molar-refractivity contribution in [1.29, 1.82) is 0 Å². The molecular weight excluding hydrogens is 368 g/mol. The number of rotatable bonds is 5. The van der Waals surface area contributed by atoms with E-state index in [0.29, 0.717) is 23.5 Å². The number of urea groups is 1. The fourth-order valence-corrected chi connectivity index (χ4v) is 3.95. The van der Waals surface area contributed by atoms with Gasteiger partial charge in [-0.3, -0.25) is 10.1 Å². The van der Waals surface area contributed by atoms with Gasteiger partial charge in [0.1, 0.15) is 5.00 Å². The zero-order chi connectivity index (χ0) is 19.4. The number of ether oxygens (including phenoxy) is 1. The number of carboxylic acids is 1. The summed E-state index contributed by atoms with van der Waals surface area (Å²) in [5, 5.41) is 12.2. The number of thiophene rings is 1. The number of nitrogens with one attached hydrogen (secondary N) is 1. The third-order valence-electron chi connectivity index (χ3n) is 4.33. The quantitative estimate of drug-likeness (QED) is 0.764. The fourth-order valence-electron chi connectivity index (χ4n) is 2.91. The number of benzene rings is 1. The molecule has 2 N–H and O–H groups in total. The van der Waals surface area contributed by atoms with E-state index in [2.05, 4.69) is 5.32 Å². The average Bonchev–Trinajstić information content (AvgIpc) is 3.30. The third-order valence-corrected chi connectivity index (χ3v) is 5.43. The van der Waals surface area contributed by atoms with E-state index in [4.69, 9.17) is 9.84 Å². The van der Waals surface area contributed by atoms with E-state index in [1.807, 2.05) is 30.3 Å². The maximum atomic E-state index is 12.5. The Morgan fingerprint density at radius 1 is 1.30 bits per heavy atom. The number of amides is 2. The number of esters is 1. The van der Waals surface area contributed by atoms with E-state index >= 15 is 0 Å². The molecule has 7 nitrogen and oxygen atoms in total. The highest BCUT2D eigenvalue weighted by molar-refractivity contribution is 7.20. The summed E-state index contributed by atoms with van der Waals surface area (Å²) in [6.45, 7) is 2.48. The minimum Gasteiger partial charge on any atom is -0.481 e. The number of hydrogen-bond acceptors (Lipinski definition) is 5. The van der Waals surface area contributed by atoms with Gasteiger partial charge < -0.3 is 14.7 Å². The Morgan fingerprint density at radius 2 is 2.04 bits per heavy atom. The van der Waals surface area contributed by atoms with Crippen LogP contribution in [0.4, 0.5) is 9.80 Å². The minimum atomic E-state index is -0.903. The van der Waals surface area contributed by atoms with Gasteiger partial charge >= 0.3 is 18.0 Å². The Hall–Kier alpha value is -2.87. The van der Waals surface area contributed by atoms with Crippen molar-refractivity contribution in [3.63, 3.8) is 0 Å². The van der Waals surface area contributed by atoms with Gasteiger partial charge in [-0.2, -0.15) is 0 Å². The van der Waals surface area contributed by atoms with E-state index in [0.717, 1.165) is 10.4 Å². The maximum absolute atomic E-state index is 12.5. The van der Waals surface area contributed by atoms with Crippen molar-refractivity contribution < 1.29 is 24.2 Å². The number of hydrogen-bond donors (Lipinski definition) is 2. The van der Waals surface area contributed by atoms with E-state index in [1.165, 1.54) is 16.2 Å². The average molecular weight is 388 g/mol. The van der Waals surface area contributed by atoms with E-state index in [-0.39, 0.29) is 13.2 Å². The Kier molecular flexibility index (Phi) is 5.75. The summed E-state index contributed by atoms with van der Waals surface area (Å²) in [5.41, 5.74) is 1.23. The predicted molar refractivity (Wildman–Crippen MR) is 102 cm³/mol. The summed E-state index contributed by atoms with van der Waals surface area (Å²) in [6.07, 6.45) is 0.424. The lowest BCUT2D eigenvalue weighted by atomic mass is 10.1. The third kappa shape index (κ3) is 4.28. The monoisotopic (exact) mass is 388 g/mol. The highest BCUT2D eigenvalue weighted by Crippen LogP contribution is 2.36. The summed E-state index contributed by atoms with van der Waals surface area (Å²) in [7, 11) is 0. The van der Waals surface area contributed by atoms with Crippen LogP contribution < -0.4 is 5.32 Å². The molecule has 1 aromatic heterocycles. The number of carboxylic acid groups (broad SMARTS) is 1. The van der Waals surface area contributed by atoms with Gasteiger partial charge in [0.05, 0.1) is 18.1 Å². The standard InChI is InChI=1S/C19H20N2O5S/c1-2-26-18(24)14-10-15(12-6-4-3-5-7-12)27-16(14)20-19(25)21-9-8-13(11-21)17(22)23/h3-7,10,13H,2,8-9,11H2,1H3,(H,20,25)(H,22,23). The second-order valence-electron chi connectivity index (χ2n) is 6.14. The Bertz CT molecular complexity index is 849. The molecule has 3 rings (SSSR count). The molecular formula is C19H20N2O5S. The number of anilines is 1. The van der Waals surface area contributed by atoms with Crippen LogP contribution in [0, 0.1) is 5.92 Å². The van der Waals surface area contributed by atoms with Gasteiger partial charge in [-0.15, -0.1) is 11.3 Å². The lowest BCUT2D eigenvalue weighted by Crippen LogP contribution is -2.34. The Morgan fingerprint density at radius 3 is 2.67 bits per heavy atom. The molecule has 1 aromatic carbocycles. The molecule has 1 fully saturated rings. The molecule has 1 unspecified atom stereocenters. The van der Waals surface area contributed by atoms with Gasteiger partial charge in [-0.25, -0.2) is 9.59 Å². The topological polar surface area (TPSA) is 95.9 Å². The Labute approximate surface area is 160 Å². The molecule has 2 amide bonds. The van der Waals surface area contributed by atoms with Gasteiger partial charge in [0, 0.05) is 18.0 Å². The molecule has 1 saturated heterocycles. The van der Waals surface area contributed by atoms with Crippen LogP contribution in [-0.2, 0) is 9.53 Å². The molecule has 1 atom stereocenters. The zero-order valence-corrected chi connectivity index (χ0v) is 15.6. The van der Waals surface area contributed by atoms with Crippen molar-refractivity contribution in [2.45, 2.75) is 13.3 Å². The molecule has 2 aromatic rings. The summed E-state index contributed by atoms with van der Waals surface area (Å²) < 4.78 is 5.10. The predicted octanol–water partition coefficient (Wildman–Crippen LogP) is 3.53. The van der Waals surface area contributed by atoms with E-state index < -0.39 is 23.9 Å². The molecule has 0 aliphatic carbocycles. The van der Waals surface area contributed by atoms with Crippen LogP contribution in [0.3, 0.4) is 0 Å². The first-order valence-corrected chi connectivity index (χ1v) is 9.46. The van der Waals surface area contributed by atoms with Gasteiger partial charge in [-0.1, -0.05) is 30.3 Å². The summed E-state index contributed by atoms with van der Waals surface area (Å²) in [4.78, 5) is 38.2. The van der Waals surface area contributed by atoms with Crippen LogP contribution in [0.15, 0.2) is 36.4 Å². The first-order chi connectivity index (χ1) is 13.0. The normalized spacial score (nSPS) is 16.2. The van der Waals surface area contributed by atoms with Crippen molar-refractivity contribution in [1.82, 2.24) is 4.90 Å². The largest absolute Gasteiger partial charge is 0.481 e. The maximum Gasteiger partial charge on any atom is 0.341 e. The minimum absolute atomic E-state index is 0.160. The molecule has 0 radical (unpaired) electrons. The lowest BCUT2D eigenvalue weighted by molar-refractivity contribution is -0.141. The molecule has 1 aliphatic heterocycles. The van der Waals surface area contributed by atoms with Crippen molar-refractivity contribution in [2.24, 2.45) is 5.92 Å². The van der Waals surface area contributed by atoms with Crippen LogP contribution in [0.25, 0.3) is 10.4 Å². The molecule has 1 aliphatic rings. The summed E-state index contributed by atoms with van der Waals surface area (Å²) in [5.74, 6) is -1.96. The van der Waals surface area contributed by atoms with Crippen LogP contribution in [-0.4, -0.2) is 47.7 Å². The van der Waals surface area contributed by atoms with Gasteiger partial charge in [0.2, 0.25) is 0 Å². The molecule has 142 valence electrons. The van der Waals surface area contributed by atoms with E-state index in [9.17, 15) is 14.4 Å². The van der Waals surface area contributed by atoms with Crippen LogP contribution in [0.1, 0.15) is 23.7 Å². The first-order valence-electron chi connectivity index (χ1n) is 8.64. The van der Waals surface area contributed by atoms with Crippen LogP contribution in [0.5, 0.6) is 0 Å². The number of nitrogens with zero attached hydrogens (tertiary/aromatic N) is 1. The number of carbonyl (C=O) groups excluding carboxylic acids is 2. The molecule has 0 spiro atoms.